The zero-order valence-corrected chi connectivity index (χ0v) is 19.0. The fourth-order valence-electron chi connectivity index (χ4n) is 3.94. The van der Waals surface area contributed by atoms with Crippen molar-refractivity contribution in [3.8, 4) is 32.4 Å². The van der Waals surface area contributed by atoms with Gasteiger partial charge in [-0.2, -0.15) is 0 Å². The lowest BCUT2D eigenvalue weighted by Gasteiger charge is -2.03. The minimum Gasteiger partial charge on any atom is -0.497 e. The van der Waals surface area contributed by atoms with Gasteiger partial charge < -0.3 is 9.47 Å². The lowest BCUT2D eigenvalue weighted by molar-refractivity contribution is 0.415. The molecule has 150 valence electrons. The molecule has 2 aromatic heterocycles. The van der Waals surface area contributed by atoms with Gasteiger partial charge in [0.25, 0.3) is 0 Å². The van der Waals surface area contributed by atoms with Crippen molar-refractivity contribution < 1.29 is 9.47 Å². The Labute approximate surface area is 184 Å². The van der Waals surface area contributed by atoms with Crippen molar-refractivity contribution in [3.05, 3.63) is 71.8 Å². The molecule has 0 aliphatic carbocycles. The molecule has 30 heavy (non-hydrogen) atoms. The molecule has 0 N–H and O–H groups in total. The van der Waals surface area contributed by atoms with Gasteiger partial charge in [0.1, 0.15) is 11.5 Å². The molecule has 0 bridgehead atoms. The summed E-state index contributed by atoms with van der Waals surface area (Å²) in [6.07, 6.45) is 0. The summed E-state index contributed by atoms with van der Waals surface area (Å²) in [5.74, 6) is 1.78. The monoisotopic (exact) mass is 430 g/mol. The summed E-state index contributed by atoms with van der Waals surface area (Å²) in [7, 11) is 3.40. The fraction of sp³-hybridized carbons (Fsp3) is 0.154. The average molecular weight is 431 g/mol. The van der Waals surface area contributed by atoms with Gasteiger partial charge in [-0.1, -0.05) is 0 Å². The number of rotatable bonds is 4. The first kappa shape index (κ1) is 19.2. The van der Waals surface area contributed by atoms with E-state index in [1.54, 1.807) is 14.2 Å². The van der Waals surface area contributed by atoms with E-state index >= 15 is 0 Å². The van der Waals surface area contributed by atoms with Crippen molar-refractivity contribution >= 4 is 42.8 Å². The van der Waals surface area contributed by atoms with Crippen LogP contribution in [0.5, 0.6) is 11.5 Å². The molecule has 3 aromatic carbocycles. The van der Waals surface area contributed by atoms with Crippen LogP contribution < -0.4 is 9.47 Å². The number of fused-ring (bicyclic) bond motifs is 2. The molecular formula is C26H22O2S2. The molecule has 0 spiro atoms. The van der Waals surface area contributed by atoms with Gasteiger partial charge in [-0.3, -0.25) is 0 Å². The Morgan fingerprint density at radius 1 is 0.567 bits per heavy atom. The van der Waals surface area contributed by atoms with Gasteiger partial charge in [0.2, 0.25) is 0 Å². The summed E-state index contributed by atoms with van der Waals surface area (Å²) in [6, 6.07) is 21.3. The van der Waals surface area contributed by atoms with Crippen LogP contribution in [-0.4, -0.2) is 14.2 Å². The van der Waals surface area contributed by atoms with E-state index < -0.39 is 0 Å². The van der Waals surface area contributed by atoms with E-state index in [0.29, 0.717) is 0 Å². The molecule has 5 rings (SSSR count). The molecule has 2 nitrogen and oxygen atoms in total. The molecule has 4 heteroatoms. The number of ether oxygens (including phenoxy) is 2. The van der Waals surface area contributed by atoms with E-state index in [1.807, 2.05) is 46.9 Å². The molecule has 0 amide bonds. The molecule has 0 atom stereocenters. The van der Waals surface area contributed by atoms with E-state index in [4.69, 9.17) is 9.47 Å². The number of benzene rings is 3. The Bertz CT molecular complexity index is 1200. The van der Waals surface area contributed by atoms with Crippen LogP contribution in [0.25, 0.3) is 41.1 Å². The van der Waals surface area contributed by atoms with E-state index in [-0.39, 0.29) is 0 Å². The van der Waals surface area contributed by atoms with Gasteiger partial charge in [0, 0.05) is 19.2 Å². The van der Waals surface area contributed by atoms with Crippen LogP contribution in [-0.2, 0) is 0 Å². The highest BCUT2D eigenvalue weighted by Crippen LogP contribution is 2.45. The van der Waals surface area contributed by atoms with Crippen molar-refractivity contribution in [2.24, 2.45) is 0 Å². The third kappa shape index (κ3) is 3.08. The molecule has 0 saturated carbocycles. The van der Waals surface area contributed by atoms with Gasteiger partial charge in [-0.05, 0) is 108 Å². The maximum absolute atomic E-state index is 5.30. The minimum atomic E-state index is 0.888. The number of methoxy groups -OCH3 is 2. The van der Waals surface area contributed by atoms with Crippen molar-refractivity contribution in [1.29, 1.82) is 0 Å². The molecule has 0 saturated heterocycles. The Kier molecular flexibility index (Phi) is 4.76. The molecule has 5 aromatic rings. The predicted molar refractivity (Wildman–Crippen MR) is 131 cm³/mol. The maximum Gasteiger partial charge on any atom is 0.118 e. The Hall–Kier alpha value is -2.82. The lowest BCUT2D eigenvalue weighted by Crippen LogP contribution is -1.81. The normalized spacial score (nSPS) is 11.3. The first-order valence-corrected chi connectivity index (χ1v) is 11.5. The molecule has 0 radical (unpaired) electrons. The van der Waals surface area contributed by atoms with Crippen LogP contribution in [0, 0.1) is 13.8 Å². The first-order valence-electron chi connectivity index (χ1n) is 9.84. The van der Waals surface area contributed by atoms with Crippen molar-refractivity contribution in [3.63, 3.8) is 0 Å². The van der Waals surface area contributed by atoms with Crippen LogP contribution in [0.3, 0.4) is 0 Å². The number of hydrogen-bond acceptors (Lipinski definition) is 4. The Balaban J connectivity index is 1.64. The SMILES string of the molecule is COc1ccc(-c2cc3c(C)c4sc(-c5ccc(OC)cc5)cc4c(C)c3s2)cc1. The lowest BCUT2D eigenvalue weighted by atomic mass is 10.0. The third-order valence-corrected chi connectivity index (χ3v) is 8.31. The molecule has 0 unspecified atom stereocenters. The first-order chi connectivity index (χ1) is 14.6. The van der Waals surface area contributed by atoms with E-state index in [0.717, 1.165) is 11.5 Å². The summed E-state index contributed by atoms with van der Waals surface area (Å²) in [6.45, 7) is 4.51. The zero-order valence-electron chi connectivity index (χ0n) is 17.4. The summed E-state index contributed by atoms with van der Waals surface area (Å²) in [5, 5.41) is 2.72. The fourth-order valence-corrected chi connectivity index (χ4v) is 6.41. The molecular weight excluding hydrogens is 408 g/mol. The molecule has 0 aliphatic rings. The maximum atomic E-state index is 5.30. The number of thiophene rings is 2. The highest BCUT2D eigenvalue weighted by Gasteiger charge is 2.16. The molecule has 0 fully saturated rings. The van der Waals surface area contributed by atoms with Crippen molar-refractivity contribution in [2.75, 3.05) is 14.2 Å². The van der Waals surface area contributed by atoms with Gasteiger partial charge in [-0.25, -0.2) is 0 Å². The standard InChI is InChI=1S/C26H22O2S2/c1-15-21-13-23(17-5-9-19(27-3)10-6-17)30-26(21)16(2)22-14-24(29-25(15)22)18-7-11-20(28-4)12-8-18/h5-14H,1-4H3. The van der Waals surface area contributed by atoms with Crippen LogP contribution in [0.15, 0.2) is 60.7 Å². The van der Waals surface area contributed by atoms with Crippen LogP contribution in [0.2, 0.25) is 0 Å². The van der Waals surface area contributed by atoms with Crippen LogP contribution >= 0.6 is 22.7 Å². The Morgan fingerprint density at radius 2 is 0.933 bits per heavy atom. The largest absolute Gasteiger partial charge is 0.497 e. The number of hydrogen-bond donors (Lipinski definition) is 0. The van der Waals surface area contributed by atoms with Crippen LogP contribution in [0.4, 0.5) is 0 Å². The van der Waals surface area contributed by atoms with Crippen LogP contribution in [0.1, 0.15) is 11.1 Å². The van der Waals surface area contributed by atoms with Gasteiger partial charge in [0.05, 0.1) is 14.2 Å². The molecule has 0 aliphatic heterocycles. The van der Waals surface area contributed by atoms with E-state index in [1.165, 1.54) is 52.2 Å². The zero-order chi connectivity index (χ0) is 20.8. The second-order valence-electron chi connectivity index (χ2n) is 7.41. The van der Waals surface area contributed by atoms with Gasteiger partial charge in [0.15, 0.2) is 0 Å². The highest BCUT2D eigenvalue weighted by atomic mass is 32.1. The smallest absolute Gasteiger partial charge is 0.118 e. The van der Waals surface area contributed by atoms with E-state index in [9.17, 15) is 0 Å². The topological polar surface area (TPSA) is 18.5 Å². The second-order valence-corrected chi connectivity index (χ2v) is 9.52. The third-order valence-electron chi connectivity index (χ3n) is 5.70. The quantitative estimate of drug-likeness (QED) is 0.287. The van der Waals surface area contributed by atoms with Crippen molar-refractivity contribution in [1.82, 2.24) is 0 Å². The average Bonchev–Trinajstić information content (AvgIpc) is 3.44. The number of aryl methyl sites for hydroxylation is 2. The predicted octanol–water partition coefficient (Wildman–Crippen LogP) is 8.08. The second kappa shape index (κ2) is 7.46. The van der Waals surface area contributed by atoms with Gasteiger partial charge >= 0.3 is 0 Å². The molecule has 2 heterocycles. The van der Waals surface area contributed by atoms with Gasteiger partial charge in [-0.15, -0.1) is 22.7 Å². The summed E-state index contributed by atoms with van der Waals surface area (Å²) >= 11 is 3.75. The Morgan fingerprint density at radius 3 is 1.27 bits per heavy atom. The summed E-state index contributed by atoms with van der Waals surface area (Å²) < 4.78 is 13.4. The summed E-state index contributed by atoms with van der Waals surface area (Å²) in [4.78, 5) is 2.60. The van der Waals surface area contributed by atoms with Crippen molar-refractivity contribution in [2.45, 2.75) is 13.8 Å². The minimum absolute atomic E-state index is 0.888. The summed E-state index contributed by atoms with van der Waals surface area (Å²) in [5.41, 5.74) is 5.20. The van der Waals surface area contributed by atoms with E-state index in [2.05, 4.69) is 50.2 Å². The highest BCUT2D eigenvalue weighted by molar-refractivity contribution is 7.24.